The quantitative estimate of drug-likeness (QED) is 0.540. The fourth-order valence-corrected chi connectivity index (χ4v) is 1.98. The summed E-state index contributed by atoms with van der Waals surface area (Å²) in [4.78, 5) is 4.47. The lowest BCUT2D eigenvalue weighted by atomic mass is 10.0. The van der Waals surface area contributed by atoms with Gasteiger partial charge in [0.2, 0.25) is 0 Å². The summed E-state index contributed by atoms with van der Waals surface area (Å²) in [5.41, 5.74) is 0.821. The van der Waals surface area contributed by atoms with Crippen LogP contribution in [0, 0.1) is 5.92 Å². The molecule has 6 heteroatoms. The van der Waals surface area contributed by atoms with E-state index in [4.69, 9.17) is 9.26 Å². The number of rotatable bonds is 9. The van der Waals surface area contributed by atoms with Crippen molar-refractivity contribution in [1.82, 2.24) is 15.8 Å². The van der Waals surface area contributed by atoms with Crippen molar-refractivity contribution in [3.8, 4) is 0 Å². The predicted molar refractivity (Wildman–Crippen MR) is 84.2 cm³/mol. The van der Waals surface area contributed by atoms with Gasteiger partial charge in [-0.3, -0.25) is 0 Å². The highest BCUT2D eigenvalue weighted by Gasteiger charge is 2.12. The van der Waals surface area contributed by atoms with Gasteiger partial charge in [0.25, 0.3) is 0 Å². The first-order valence-corrected chi connectivity index (χ1v) is 7.70. The van der Waals surface area contributed by atoms with Crippen LogP contribution in [0.1, 0.15) is 39.8 Å². The summed E-state index contributed by atoms with van der Waals surface area (Å²) < 4.78 is 10.5. The molecule has 0 amide bonds. The maximum absolute atomic E-state index is 5.74. The molecular weight excluding hydrogens is 268 g/mol. The van der Waals surface area contributed by atoms with Crippen LogP contribution >= 0.6 is 0 Å². The van der Waals surface area contributed by atoms with Gasteiger partial charge in [-0.15, -0.1) is 0 Å². The molecule has 120 valence electrons. The smallest absolute Gasteiger partial charge is 0.191 e. The Morgan fingerprint density at radius 3 is 2.76 bits per heavy atom. The summed E-state index contributed by atoms with van der Waals surface area (Å²) >= 11 is 0. The van der Waals surface area contributed by atoms with E-state index in [0.717, 1.165) is 37.8 Å². The van der Waals surface area contributed by atoms with Crippen molar-refractivity contribution in [2.75, 3.05) is 19.7 Å². The molecular formula is C15H28N4O2. The molecule has 6 nitrogen and oxygen atoms in total. The zero-order valence-electron chi connectivity index (χ0n) is 13.6. The highest BCUT2D eigenvalue weighted by Crippen LogP contribution is 2.09. The zero-order chi connectivity index (χ0) is 15.5. The Hall–Kier alpha value is -1.56. The largest absolute Gasteiger partial charge is 0.378 e. The second-order valence-corrected chi connectivity index (χ2v) is 5.14. The highest BCUT2D eigenvalue weighted by atomic mass is 16.5. The maximum Gasteiger partial charge on any atom is 0.191 e. The lowest BCUT2D eigenvalue weighted by Crippen LogP contribution is -2.39. The number of nitrogens with zero attached hydrogens (tertiary/aromatic N) is 2. The van der Waals surface area contributed by atoms with Crippen LogP contribution in [-0.2, 0) is 11.3 Å². The topological polar surface area (TPSA) is 71.7 Å². The van der Waals surface area contributed by atoms with Gasteiger partial charge in [-0.25, -0.2) is 4.99 Å². The van der Waals surface area contributed by atoms with Gasteiger partial charge in [0.15, 0.2) is 5.96 Å². The normalized spacial score (nSPS) is 13.5. The minimum atomic E-state index is 0.279. The van der Waals surface area contributed by atoms with Gasteiger partial charge in [0.05, 0.1) is 12.6 Å². The minimum absolute atomic E-state index is 0.279. The summed E-state index contributed by atoms with van der Waals surface area (Å²) in [5.74, 6) is 1.31. The van der Waals surface area contributed by atoms with Crippen molar-refractivity contribution in [3.63, 3.8) is 0 Å². The highest BCUT2D eigenvalue weighted by molar-refractivity contribution is 5.79. The zero-order valence-corrected chi connectivity index (χ0v) is 13.6. The summed E-state index contributed by atoms with van der Waals surface area (Å²) in [6, 6.07) is 1.82. The second-order valence-electron chi connectivity index (χ2n) is 5.14. The molecule has 0 aliphatic heterocycles. The summed E-state index contributed by atoms with van der Waals surface area (Å²) in [6.07, 6.45) is 2.79. The molecule has 0 bridgehead atoms. The first-order chi connectivity index (χ1) is 10.2. The van der Waals surface area contributed by atoms with E-state index in [-0.39, 0.29) is 6.10 Å². The Labute approximate surface area is 127 Å². The van der Waals surface area contributed by atoms with Crippen molar-refractivity contribution in [2.45, 2.75) is 46.8 Å². The molecule has 1 heterocycles. The molecule has 1 aromatic rings. The molecule has 0 aliphatic carbocycles. The molecule has 0 radical (unpaired) electrons. The van der Waals surface area contributed by atoms with Crippen LogP contribution in [0.5, 0.6) is 0 Å². The Balaban J connectivity index is 2.41. The average molecular weight is 296 g/mol. The van der Waals surface area contributed by atoms with Crippen LogP contribution in [0.2, 0.25) is 0 Å². The number of hydrogen-bond donors (Lipinski definition) is 2. The van der Waals surface area contributed by atoms with E-state index in [1.54, 1.807) is 6.26 Å². The predicted octanol–water partition coefficient (Wildman–Crippen LogP) is 2.18. The standard InChI is InChI=1S/C15H28N4O2/c1-5-16-15(18-11-13-8-10-21-19-13)17-9-7-14(12(3)4)20-6-2/h8,10,12,14H,5-7,9,11H2,1-4H3,(H2,16,17,18). The first-order valence-electron chi connectivity index (χ1n) is 7.70. The van der Waals surface area contributed by atoms with E-state index < -0.39 is 0 Å². The fourth-order valence-electron chi connectivity index (χ4n) is 1.98. The average Bonchev–Trinajstić information content (AvgIpc) is 2.96. The van der Waals surface area contributed by atoms with Crippen molar-refractivity contribution < 1.29 is 9.26 Å². The number of aromatic nitrogens is 1. The molecule has 1 unspecified atom stereocenters. The van der Waals surface area contributed by atoms with Gasteiger partial charge in [-0.2, -0.15) is 0 Å². The van der Waals surface area contributed by atoms with E-state index in [1.807, 2.05) is 19.9 Å². The lowest BCUT2D eigenvalue weighted by Gasteiger charge is -2.21. The van der Waals surface area contributed by atoms with Gasteiger partial charge in [-0.1, -0.05) is 19.0 Å². The van der Waals surface area contributed by atoms with E-state index in [9.17, 15) is 0 Å². The molecule has 21 heavy (non-hydrogen) atoms. The Morgan fingerprint density at radius 2 is 2.19 bits per heavy atom. The number of aliphatic imine (C=N–C) groups is 1. The third kappa shape index (κ3) is 7.13. The molecule has 0 spiro atoms. The van der Waals surface area contributed by atoms with Gasteiger partial charge in [-0.05, 0) is 26.2 Å². The molecule has 0 aliphatic rings. The third-order valence-corrected chi connectivity index (χ3v) is 3.08. The van der Waals surface area contributed by atoms with E-state index >= 15 is 0 Å². The van der Waals surface area contributed by atoms with Crippen LogP contribution in [0.25, 0.3) is 0 Å². The van der Waals surface area contributed by atoms with Crippen LogP contribution in [0.4, 0.5) is 0 Å². The van der Waals surface area contributed by atoms with Gasteiger partial charge in [0.1, 0.15) is 12.0 Å². The number of hydrogen-bond acceptors (Lipinski definition) is 4. The van der Waals surface area contributed by atoms with E-state index in [0.29, 0.717) is 12.5 Å². The summed E-state index contributed by atoms with van der Waals surface area (Å²) in [5, 5.41) is 10.4. The minimum Gasteiger partial charge on any atom is -0.378 e. The van der Waals surface area contributed by atoms with Crippen molar-refractivity contribution in [3.05, 3.63) is 18.0 Å². The Morgan fingerprint density at radius 1 is 1.38 bits per heavy atom. The molecule has 0 saturated heterocycles. The van der Waals surface area contributed by atoms with E-state index in [1.165, 1.54) is 0 Å². The molecule has 0 fully saturated rings. The molecule has 0 aromatic carbocycles. The molecule has 0 saturated carbocycles. The Kier molecular flexibility index (Phi) is 8.50. The van der Waals surface area contributed by atoms with Crippen molar-refractivity contribution >= 4 is 5.96 Å². The molecule has 1 atom stereocenters. The SMILES string of the molecule is CCNC(=NCc1ccon1)NCCC(OCC)C(C)C. The summed E-state index contributed by atoms with van der Waals surface area (Å²) in [7, 11) is 0. The second kappa shape index (κ2) is 10.2. The number of ether oxygens (including phenoxy) is 1. The number of nitrogens with one attached hydrogen (secondary N) is 2. The molecule has 2 N–H and O–H groups in total. The van der Waals surface area contributed by atoms with Crippen molar-refractivity contribution in [2.24, 2.45) is 10.9 Å². The van der Waals surface area contributed by atoms with Gasteiger partial charge < -0.3 is 19.9 Å². The monoisotopic (exact) mass is 296 g/mol. The number of guanidine groups is 1. The van der Waals surface area contributed by atoms with Crippen LogP contribution in [0.15, 0.2) is 21.8 Å². The third-order valence-electron chi connectivity index (χ3n) is 3.08. The lowest BCUT2D eigenvalue weighted by molar-refractivity contribution is 0.0258. The van der Waals surface area contributed by atoms with Crippen molar-refractivity contribution in [1.29, 1.82) is 0 Å². The maximum atomic E-state index is 5.74. The molecule has 1 aromatic heterocycles. The molecule has 1 rings (SSSR count). The van der Waals surface area contributed by atoms with Crippen LogP contribution in [0.3, 0.4) is 0 Å². The van der Waals surface area contributed by atoms with Gasteiger partial charge in [0, 0.05) is 25.8 Å². The first kappa shape index (κ1) is 17.5. The van der Waals surface area contributed by atoms with Crippen LogP contribution in [-0.4, -0.2) is 36.9 Å². The fraction of sp³-hybridized carbons (Fsp3) is 0.733. The Bertz CT molecular complexity index is 390. The summed E-state index contributed by atoms with van der Waals surface area (Å²) in [6.45, 7) is 11.4. The van der Waals surface area contributed by atoms with Gasteiger partial charge >= 0.3 is 0 Å². The van der Waals surface area contributed by atoms with E-state index in [2.05, 4.69) is 34.6 Å². The van der Waals surface area contributed by atoms with Crippen LogP contribution < -0.4 is 10.6 Å².